The Balaban J connectivity index is 2.28. The molecule has 0 unspecified atom stereocenters. The maximum absolute atomic E-state index is 5.31. The summed E-state index contributed by atoms with van der Waals surface area (Å²) in [5, 5.41) is 4.20. The smallest absolute Gasteiger partial charge is 0.166 e. The van der Waals surface area contributed by atoms with E-state index in [0.717, 1.165) is 27.4 Å². The molecule has 5 heteroatoms. The second kappa shape index (κ2) is 4.10. The number of fused-ring (bicyclic) bond motifs is 1. The summed E-state index contributed by atoms with van der Waals surface area (Å²) in [6.45, 7) is 4.00. The first-order valence-electron chi connectivity index (χ1n) is 5.69. The quantitative estimate of drug-likeness (QED) is 0.763. The normalized spacial score (nSPS) is 11.1. The van der Waals surface area contributed by atoms with Gasteiger partial charge in [0.2, 0.25) is 0 Å². The number of rotatable bonds is 2. The molecule has 0 fully saturated rings. The lowest BCUT2D eigenvalue weighted by Gasteiger charge is -2.04. The highest BCUT2D eigenvalue weighted by Gasteiger charge is 2.13. The van der Waals surface area contributed by atoms with Gasteiger partial charge in [-0.05, 0) is 26.0 Å². The van der Waals surface area contributed by atoms with Crippen molar-refractivity contribution in [1.29, 1.82) is 0 Å². The van der Waals surface area contributed by atoms with Gasteiger partial charge in [-0.25, -0.2) is 9.97 Å². The lowest BCUT2D eigenvalue weighted by molar-refractivity contribution is 0.535. The SMILES string of the molecule is CNc1nc(-c2ccoc2C)nc2sc(C)cc12. The Hall–Kier alpha value is -1.88. The summed E-state index contributed by atoms with van der Waals surface area (Å²) in [6.07, 6.45) is 1.66. The number of thiophene rings is 1. The molecule has 0 aromatic carbocycles. The van der Waals surface area contributed by atoms with Crippen LogP contribution in [0.25, 0.3) is 21.6 Å². The lowest BCUT2D eigenvalue weighted by Crippen LogP contribution is -1.97. The van der Waals surface area contributed by atoms with Crippen molar-refractivity contribution in [3.63, 3.8) is 0 Å². The average molecular weight is 259 g/mol. The molecule has 1 N–H and O–H groups in total. The minimum Gasteiger partial charge on any atom is -0.469 e. The second-order valence-electron chi connectivity index (χ2n) is 4.11. The zero-order valence-electron chi connectivity index (χ0n) is 10.4. The summed E-state index contributed by atoms with van der Waals surface area (Å²) >= 11 is 1.68. The molecule has 92 valence electrons. The maximum atomic E-state index is 5.31. The van der Waals surface area contributed by atoms with Crippen LogP contribution < -0.4 is 5.32 Å². The van der Waals surface area contributed by atoms with Crippen LogP contribution in [0.15, 0.2) is 22.8 Å². The van der Waals surface area contributed by atoms with Crippen LogP contribution in [0.1, 0.15) is 10.6 Å². The number of hydrogen-bond donors (Lipinski definition) is 1. The number of furan rings is 1. The van der Waals surface area contributed by atoms with Crippen molar-refractivity contribution in [3.8, 4) is 11.4 Å². The van der Waals surface area contributed by atoms with Crippen molar-refractivity contribution < 1.29 is 4.42 Å². The summed E-state index contributed by atoms with van der Waals surface area (Å²) in [6, 6.07) is 4.01. The van der Waals surface area contributed by atoms with Gasteiger partial charge in [-0.2, -0.15) is 0 Å². The minimum atomic E-state index is 0.708. The molecule has 3 aromatic heterocycles. The predicted molar refractivity (Wildman–Crippen MR) is 74.1 cm³/mol. The van der Waals surface area contributed by atoms with Crippen LogP contribution in [-0.4, -0.2) is 17.0 Å². The minimum absolute atomic E-state index is 0.708. The number of hydrogen-bond acceptors (Lipinski definition) is 5. The van der Waals surface area contributed by atoms with Crippen molar-refractivity contribution >= 4 is 27.4 Å². The van der Waals surface area contributed by atoms with E-state index in [2.05, 4.69) is 28.3 Å². The zero-order valence-corrected chi connectivity index (χ0v) is 11.3. The predicted octanol–water partition coefficient (Wildman–Crippen LogP) is 3.61. The van der Waals surface area contributed by atoms with Gasteiger partial charge in [0.25, 0.3) is 0 Å². The van der Waals surface area contributed by atoms with Gasteiger partial charge < -0.3 is 9.73 Å². The van der Waals surface area contributed by atoms with E-state index in [0.29, 0.717) is 5.82 Å². The third-order valence-corrected chi connectivity index (χ3v) is 3.80. The lowest BCUT2D eigenvalue weighted by atomic mass is 10.2. The van der Waals surface area contributed by atoms with Crippen LogP contribution in [0.3, 0.4) is 0 Å². The van der Waals surface area contributed by atoms with Crippen molar-refractivity contribution in [2.24, 2.45) is 0 Å². The van der Waals surface area contributed by atoms with Gasteiger partial charge in [-0.1, -0.05) is 0 Å². The summed E-state index contributed by atoms with van der Waals surface area (Å²) in [4.78, 5) is 11.4. The Morgan fingerprint density at radius 1 is 1.28 bits per heavy atom. The topological polar surface area (TPSA) is 51.0 Å². The molecule has 4 nitrogen and oxygen atoms in total. The number of aryl methyl sites for hydroxylation is 2. The van der Waals surface area contributed by atoms with E-state index in [4.69, 9.17) is 4.42 Å². The molecule has 0 bridgehead atoms. The summed E-state index contributed by atoms with van der Waals surface area (Å²) in [7, 11) is 1.88. The molecule has 0 radical (unpaired) electrons. The molecule has 3 aromatic rings. The third kappa shape index (κ3) is 1.67. The number of aromatic nitrogens is 2. The standard InChI is InChI=1S/C13H13N3OS/c1-7-6-10-11(14-3)15-12(16-13(10)18-7)9-4-5-17-8(9)2/h4-6H,1-3H3,(H,14,15,16). The molecule has 0 aliphatic carbocycles. The van der Waals surface area contributed by atoms with E-state index >= 15 is 0 Å². The third-order valence-electron chi connectivity index (χ3n) is 2.85. The van der Waals surface area contributed by atoms with E-state index in [-0.39, 0.29) is 0 Å². The summed E-state index contributed by atoms with van der Waals surface area (Å²) in [5.41, 5.74) is 0.944. The fourth-order valence-corrected chi connectivity index (χ4v) is 2.85. The number of anilines is 1. The van der Waals surface area contributed by atoms with Gasteiger partial charge >= 0.3 is 0 Å². The zero-order chi connectivity index (χ0) is 12.7. The van der Waals surface area contributed by atoms with Crippen molar-refractivity contribution in [2.75, 3.05) is 12.4 Å². The average Bonchev–Trinajstić information content (AvgIpc) is 2.92. The van der Waals surface area contributed by atoms with Crippen LogP contribution in [0.2, 0.25) is 0 Å². The molecule has 0 spiro atoms. The Kier molecular flexibility index (Phi) is 2.56. The summed E-state index contributed by atoms with van der Waals surface area (Å²) < 4.78 is 5.31. The first kappa shape index (κ1) is 11.2. The summed E-state index contributed by atoms with van der Waals surface area (Å²) in [5.74, 6) is 2.41. The molecule has 18 heavy (non-hydrogen) atoms. The van der Waals surface area contributed by atoms with E-state index < -0.39 is 0 Å². The molecule has 0 aliphatic rings. The molecule has 0 saturated carbocycles. The van der Waals surface area contributed by atoms with Gasteiger partial charge in [-0.3, -0.25) is 0 Å². The van der Waals surface area contributed by atoms with Gasteiger partial charge in [0.05, 0.1) is 17.2 Å². The maximum Gasteiger partial charge on any atom is 0.166 e. The molecule has 3 rings (SSSR count). The van der Waals surface area contributed by atoms with Crippen LogP contribution in [-0.2, 0) is 0 Å². The van der Waals surface area contributed by atoms with Crippen LogP contribution in [0.4, 0.5) is 5.82 Å². The molecular formula is C13H13N3OS. The molecule has 0 aliphatic heterocycles. The molecule has 0 amide bonds. The fourth-order valence-electron chi connectivity index (χ4n) is 1.97. The Morgan fingerprint density at radius 2 is 2.11 bits per heavy atom. The van der Waals surface area contributed by atoms with E-state index in [1.54, 1.807) is 17.6 Å². The van der Waals surface area contributed by atoms with Crippen LogP contribution >= 0.6 is 11.3 Å². The van der Waals surface area contributed by atoms with Crippen LogP contribution in [0.5, 0.6) is 0 Å². The van der Waals surface area contributed by atoms with Crippen molar-refractivity contribution in [1.82, 2.24) is 9.97 Å². The largest absolute Gasteiger partial charge is 0.469 e. The van der Waals surface area contributed by atoms with E-state index in [1.807, 2.05) is 20.0 Å². The monoisotopic (exact) mass is 259 g/mol. The fraction of sp³-hybridized carbons (Fsp3) is 0.231. The first-order chi connectivity index (χ1) is 8.69. The van der Waals surface area contributed by atoms with E-state index in [9.17, 15) is 0 Å². The Labute approximate surface area is 109 Å². The second-order valence-corrected chi connectivity index (χ2v) is 5.35. The highest BCUT2D eigenvalue weighted by atomic mass is 32.1. The number of nitrogens with one attached hydrogen (secondary N) is 1. The molecule has 3 heterocycles. The molecule has 0 atom stereocenters. The Morgan fingerprint density at radius 3 is 2.78 bits per heavy atom. The van der Waals surface area contributed by atoms with Gasteiger partial charge in [0.15, 0.2) is 5.82 Å². The highest BCUT2D eigenvalue weighted by molar-refractivity contribution is 7.18. The van der Waals surface area contributed by atoms with Crippen molar-refractivity contribution in [3.05, 3.63) is 29.0 Å². The Bertz CT molecular complexity index is 714. The van der Waals surface area contributed by atoms with E-state index in [1.165, 1.54) is 4.88 Å². The van der Waals surface area contributed by atoms with Crippen molar-refractivity contribution in [2.45, 2.75) is 13.8 Å². The molecule has 0 saturated heterocycles. The van der Waals surface area contributed by atoms with Gasteiger partial charge in [0, 0.05) is 11.9 Å². The molecular weight excluding hydrogens is 246 g/mol. The van der Waals surface area contributed by atoms with Gasteiger partial charge in [0.1, 0.15) is 16.4 Å². The first-order valence-corrected chi connectivity index (χ1v) is 6.51. The van der Waals surface area contributed by atoms with Gasteiger partial charge in [-0.15, -0.1) is 11.3 Å². The highest BCUT2D eigenvalue weighted by Crippen LogP contribution is 2.31. The van der Waals surface area contributed by atoms with Crippen LogP contribution in [0, 0.1) is 13.8 Å². The number of nitrogens with zero attached hydrogens (tertiary/aromatic N) is 2.